The quantitative estimate of drug-likeness (QED) is 0.477. The van der Waals surface area contributed by atoms with Crippen molar-refractivity contribution in [3.05, 3.63) is 29.8 Å². The summed E-state index contributed by atoms with van der Waals surface area (Å²) >= 11 is 4.94. The Balaban J connectivity index is 2.55. The molecule has 7 heteroatoms. The van der Waals surface area contributed by atoms with Crippen LogP contribution in [0.4, 0.5) is 5.69 Å². The van der Waals surface area contributed by atoms with E-state index in [-0.39, 0.29) is 30.5 Å². The van der Waals surface area contributed by atoms with Gasteiger partial charge in [-0.25, -0.2) is 0 Å². The normalized spacial score (nSPS) is 10.6. The average Bonchev–Trinajstić information content (AvgIpc) is 2.45. The number of nitrogens with zero attached hydrogens (tertiary/aromatic N) is 1. The number of carbonyl (C=O) groups excluding carboxylic acids is 1. The lowest BCUT2D eigenvalue weighted by Gasteiger charge is -2.19. The number of benzene rings is 1. The van der Waals surface area contributed by atoms with Gasteiger partial charge in [-0.1, -0.05) is 24.4 Å². The van der Waals surface area contributed by atoms with Gasteiger partial charge in [0.15, 0.2) is 0 Å². The first-order chi connectivity index (χ1) is 10.1. The van der Waals surface area contributed by atoms with Gasteiger partial charge in [-0.2, -0.15) is 0 Å². The molecule has 5 N–H and O–H groups in total. The lowest BCUT2D eigenvalue weighted by Crippen LogP contribution is -2.33. The summed E-state index contributed by atoms with van der Waals surface area (Å²) in [4.78, 5) is 14.0. The first-order valence-electron chi connectivity index (χ1n) is 6.71. The number of para-hydroxylation sites is 1. The van der Waals surface area contributed by atoms with Gasteiger partial charge in [0.1, 0.15) is 4.99 Å². The summed E-state index contributed by atoms with van der Waals surface area (Å²) in [6.45, 7) is 1.30. The molecule has 0 atom stereocenters. The Bertz CT molecular complexity index is 476. The molecule has 0 fully saturated rings. The molecule has 6 nitrogen and oxygen atoms in total. The first kappa shape index (κ1) is 17.5. The molecule has 0 aliphatic heterocycles. The van der Waals surface area contributed by atoms with E-state index in [9.17, 15) is 4.79 Å². The zero-order valence-corrected chi connectivity index (χ0v) is 12.6. The third-order valence-electron chi connectivity index (χ3n) is 2.95. The molecule has 0 aliphatic rings. The van der Waals surface area contributed by atoms with Crippen LogP contribution in [-0.2, 0) is 4.79 Å². The number of aliphatic hydroxyl groups excluding tert-OH is 2. The molecule has 0 saturated heterocycles. The van der Waals surface area contributed by atoms with Crippen molar-refractivity contribution in [1.82, 2.24) is 4.90 Å². The van der Waals surface area contributed by atoms with Crippen molar-refractivity contribution in [2.45, 2.75) is 6.42 Å². The summed E-state index contributed by atoms with van der Waals surface area (Å²) in [5.74, 6) is -0.167. The molecule has 0 saturated carbocycles. The van der Waals surface area contributed by atoms with Crippen LogP contribution in [0.5, 0.6) is 0 Å². The van der Waals surface area contributed by atoms with Crippen molar-refractivity contribution < 1.29 is 15.0 Å². The molecule has 1 rings (SSSR count). The summed E-state index contributed by atoms with van der Waals surface area (Å²) in [5.41, 5.74) is 6.82. The number of amides is 1. The van der Waals surface area contributed by atoms with Gasteiger partial charge in [-0.05, 0) is 12.1 Å². The van der Waals surface area contributed by atoms with Crippen LogP contribution < -0.4 is 11.1 Å². The minimum Gasteiger partial charge on any atom is -0.395 e. The van der Waals surface area contributed by atoms with Gasteiger partial charge in [-0.3, -0.25) is 9.69 Å². The van der Waals surface area contributed by atoms with Gasteiger partial charge in [0.25, 0.3) is 0 Å². The Hall–Kier alpha value is -1.54. The van der Waals surface area contributed by atoms with E-state index in [0.29, 0.717) is 30.9 Å². The Morgan fingerprint density at radius 2 is 1.81 bits per heavy atom. The molecule has 1 aromatic rings. The van der Waals surface area contributed by atoms with Crippen molar-refractivity contribution in [3.8, 4) is 0 Å². The number of carbonyl (C=O) groups is 1. The molecule has 0 heterocycles. The molecule has 116 valence electrons. The SMILES string of the molecule is NC(=S)c1ccccc1NC(=O)CCN(CCO)CCO. The molecular formula is C14H21N3O3S. The zero-order chi connectivity index (χ0) is 15.7. The molecule has 0 aliphatic carbocycles. The second-order valence-electron chi connectivity index (χ2n) is 4.50. The Morgan fingerprint density at radius 1 is 1.19 bits per heavy atom. The van der Waals surface area contributed by atoms with E-state index < -0.39 is 0 Å². The first-order valence-corrected chi connectivity index (χ1v) is 7.12. The number of hydrogen-bond donors (Lipinski definition) is 4. The van der Waals surface area contributed by atoms with Crippen LogP contribution in [0.25, 0.3) is 0 Å². The Morgan fingerprint density at radius 3 is 2.38 bits per heavy atom. The van der Waals surface area contributed by atoms with Crippen molar-refractivity contribution >= 4 is 28.8 Å². The maximum Gasteiger partial charge on any atom is 0.225 e. The predicted molar refractivity (Wildman–Crippen MR) is 86.2 cm³/mol. The fraction of sp³-hybridized carbons (Fsp3) is 0.429. The van der Waals surface area contributed by atoms with Crippen LogP contribution in [0.15, 0.2) is 24.3 Å². The highest BCUT2D eigenvalue weighted by atomic mass is 32.1. The molecular weight excluding hydrogens is 290 g/mol. The third-order valence-corrected chi connectivity index (χ3v) is 3.17. The molecule has 0 bridgehead atoms. The monoisotopic (exact) mass is 311 g/mol. The summed E-state index contributed by atoms with van der Waals surface area (Å²) < 4.78 is 0. The van der Waals surface area contributed by atoms with Gasteiger partial charge < -0.3 is 21.3 Å². The second-order valence-corrected chi connectivity index (χ2v) is 4.94. The van der Waals surface area contributed by atoms with Crippen LogP contribution in [0.1, 0.15) is 12.0 Å². The minimum absolute atomic E-state index is 0.00804. The highest BCUT2D eigenvalue weighted by Crippen LogP contribution is 2.15. The minimum atomic E-state index is -0.167. The fourth-order valence-electron chi connectivity index (χ4n) is 1.90. The van der Waals surface area contributed by atoms with Crippen molar-refractivity contribution in [2.24, 2.45) is 5.73 Å². The predicted octanol–water partition coefficient (Wildman–Crippen LogP) is -0.0640. The molecule has 0 unspecified atom stereocenters. The van der Waals surface area contributed by atoms with Crippen molar-refractivity contribution in [1.29, 1.82) is 0 Å². The summed E-state index contributed by atoms with van der Waals surface area (Å²) in [5, 5.41) is 20.6. The van der Waals surface area contributed by atoms with Gasteiger partial charge in [-0.15, -0.1) is 0 Å². The Labute approximate surface area is 129 Å². The van der Waals surface area contributed by atoms with E-state index in [1.54, 1.807) is 24.3 Å². The van der Waals surface area contributed by atoms with Crippen LogP contribution in [0.2, 0.25) is 0 Å². The zero-order valence-electron chi connectivity index (χ0n) is 11.8. The molecule has 0 radical (unpaired) electrons. The standard InChI is InChI=1S/C14H21N3O3S/c15-14(21)11-3-1-2-4-12(11)16-13(20)5-6-17(7-9-18)8-10-19/h1-4,18-19H,5-10H2,(H2,15,21)(H,16,20). The second kappa shape index (κ2) is 9.41. The maximum absolute atomic E-state index is 12.0. The van der Waals surface area contributed by atoms with E-state index in [0.717, 1.165) is 0 Å². The number of thiocarbonyl (C=S) groups is 1. The molecule has 1 amide bonds. The van der Waals surface area contributed by atoms with E-state index in [4.69, 9.17) is 28.2 Å². The largest absolute Gasteiger partial charge is 0.395 e. The summed E-state index contributed by atoms with van der Waals surface area (Å²) in [7, 11) is 0. The number of aliphatic hydroxyl groups is 2. The average molecular weight is 311 g/mol. The van der Waals surface area contributed by atoms with Gasteiger partial charge >= 0.3 is 0 Å². The molecule has 0 aromatic heterocycles. The summed E-state index contributed by atoms with van der Waals surface area (Å²) in [6, 6.07) is 7.09. The highest BCUT2D eigenvalue weighted by Gasteiger charge is 2.10. The maximum atomic E-state index is 12.0. The van der Waals surface area contributed by atoms with Crippen LogP contribution in [0.3, 0.4) is 0 Å². The van der Waals surface area contributed by atoms with Crippen LogP contribution >= 0.6 is 12.2 Å². The lowest BCUT2D eigenvalue weighted by atomic mass is 10.1. The van der Waals surface area contributed by atoms with E-state index in [1.807, 2.05) is 4.90 Å². The number of nitrogens with one attached hydrogen (secondary N) is 1. The fourth-order valence-corrected chi connectivity index (χ4v) is 2.08. The van der Waals surface area contributed by atoms with E-state index in [2.05, 4.69) is 5.32 Å². The van der Waals surface area contributed by atoms with Crippen LogP contribution in [-0.4, -0.2) is 58.9 Å². The third kappa shape index (κ3) is 6.17. The van der Waals surface area contributed by atoms with Gasteiger partial charge in [0.05, 0.1) is 18.9 Å². The smallest absolute Gasteiger partial charge is 0.225 e. The molecule has 21 heavy (non-hydrogen) atoms. The molecule has 1 aromatic carbocycles. The van der Waals surface area contributed by atoms with Gasteiger partial charge in [0, 0.05) is 31.6 Å². The number of hydrogen-bond acceptors (Lipinski definition) is 5. The van der Waals surface area contributed by atoms with Gasteiger partial charge in [0.2, 0.25) is 5.91 Å². The molecule has 0 spiro atoms. The number of rotatable bonds is 9. The number of anilines is 1. The van der Waals surface area contributed by atoms with Crippen LogP contribution in [0, 0.1) is 0 Å². The van der Waals surface area contributed by atoms with E-state index >= 15 is 0 Å². The van der Waals surface area contributed by atoms with Crippen molar-refractivity contribution in [3.63, 3.8) is 0 Å². The summed E-state index contributed by atoms with van der Waals surface area (Å²) in [6.07, 6.45) is 0.256. The van der Waals surface area contributed by atoms with E-state index in [1.165, 1.54) is 0 Å². The Kier molecular flexibility index (Phi) is 7.84. The van der Waals surface area contributed by atoms with Crippen molar-refractivity contribution in [2.75, 3.05) is 38.2 Å². The topological polar surface area (TPSA) is 98.8 Å². The lowest BCUT2D eigenvalue weighted by molar-refractivity contribution is -0.116. The highest BCUT2D eigenvalue weighted by molar-refractivity contribution is 7.80. The number of nitrogens with two attached hydrogens (primary N) is 1.